The molecule has 1 aliphatic rings. The summed E-state index contributed by atoms with van der Waals surface area (Å²) in [4.78, 5) is 0. The summed E-state index contributed by atoms with van der Waals surface area (Å²) in [5.41, 5.74) is 11.2. The molecule has 3 N–H and O–H groups in total. The van der Waals surface area contributed by atoms with Crippen LogP contribution in [0.5, 0.6) is 0 Å². The fourth-order valence-electron chi connectivity index (χ4n) is 3.54. The van der Waals surface area contributed by atoms with E-state index >= 15 is 0 Å². The largest absolute Gasteiger partial charge is 0.354 e. The average Bonchev–Trinajstić information content (AvgIpc) is 3.19. The Bertz CT molecular complexity index is 958. The van der Waals surface area contributed by atoms with Gasteiger partial charge in [0, 0.05) is 35.4 Å². The number of thioether (sulfide) groups is 1. The molecule has 1 aliphatic heterocycles. The molecule has 1 saturated heterocycles. The number of hydrogen-bond acceptors (Lipinski definition) is 3. The summed E-state index contributed by atoms with van der Waals surface area (Å²) in [6.45, 7) is 8.89. The van der Waals surface area contributed by atoms with Crippen LogP contribution >= 0.6 is 11.8 Å². The molecule has 2 aromatic carbocycles. The highest BCUT2D eigenvalue weighted by Gasteiger charge is 2.23. The molecule has 0 radical (unpaired) electrons. The number of rotatable bonds is 5. The van der Waals surface area contributed by atoms with Gasteiger partial charge in [0.15, 0.2) is 0 Å². The van der Waals surface area contributed by atoms with Crippen LogP contribution in [0.3, 0.4) is 0 Å². The number of aromatic nitrogens is 1. The van der Waals surface area contributed by atoms with Crippen molar-refractivity contribution in [3.05, 3.63) is 95.8 Å². The zero-order valence-corrected chi connectivity index (χ0v) is 15.5. The SMILES string of the molecule is C=C1NC(=C)C(Cc2cccc3c2ccn3CC(N)c2ccccc2)S1. The van der Waals surface area contributed by atoms with Gasteiger partial charge in [-0.2, -0.15) is 0 Å². The van der Waals surface area contributed by atoms with Crippen LogP contribution in [0.1, 0.15) is 17.2 Å². The summed E-state index contributed by atoms with van der Waals surface area (Å²) in [6, 6.07) is 19.0. The summed E-state index contributed by atoms with van der Waals surface area (Å²) < 4.78 is 2.25. The fourth-order valence-corrected chi connectivity index (χ4v) is 4.54. The van der Waals surface area contributed by atoms with Gasteiger partial charge in [0.2, 0.25) is 0 Å². The quantitative estimate of drug-likeness (QED) is 0.699. The third kappa shape index (κ3) is 3.30. The Labute approximate surface area is 158 Å². The number of hydrogen-bond donors (Lipinski definition) is 2. The molecule has 0 aliphatic carbocycles. The van der Waals surface area contributed by atoms with Gasteiger partial charge in [-0.3, -0.25) is 0 Å². The summed E-state index contributed by atoms with van der Waals surface area (Å²) in [5, 5.41) is 5.85. The Morgan fingerprint density at radius 3 is 2.62 bits per heavy atom. The summed E-state index contributed by atoms with van der Waals surface area (Å²) in [6.07, 6.45) is 3.09. The standard InChI is InChI=1S/C22H23N3S/c1-15-22(26-16(2)24-15)13-18-9-6-10-21-19(18)11-12-25(21)14-20(23)17-7-4-3-5-8-17/h3-12,20,22,24H,1-2,13-14,23H2. The van der Waals surface area contributed by atoms with Crippen LogP contribution in [0, 0.1) is 0 Å². The van der Waals surface area contributed by atoms with Crippen LogP contribution in [0.4, 0.5) is 0 Å². The van der Waals surface area contributed by atoms with Crippen LogP contribution in [0.2, 0.25) is 0 Å². The van der Waals surface area contributed by atoms with Gasteiger partial charge in [-0.15, -0.1) is 0 Å². The first-order valence-corrected chi connectivity index (χ1v) is 9.68. The molecule has 26 heavy (non-hydrogen) atoms. The molecule has 2 heterocycles. The van der Waals surface area contributed by atoms with Gasteiger partial charge in [-0.05, 0) is 29.7 Å². The van der Waals surface area contributed by atoms with Crippen LogP contribution in [0.15, 0.2) is 84.7 Å². The highest BCUT2D eigenvalue weighted by molar-refractivity contribution is 8.04. The zero-order chi connectivity index (χ0) is 18.1. The molecular formula is C22H23N3S. The lowest BCUT2D eigenvalue weighted by Gasteiger charge is -2.15. The van der Waals surface area contributed by atoms with E-state index in [1.54, 1.807) is 11.8 Å². The molecule has 0 spiro atoms. The van der Waals surface area contributed by atoms with Gasteiger partial charge in [0.05, 0.1) is 10.3 Å². The predicted octanol–water partition coefficient (Wildman–Crippen LogP) is 4.57. The first-order valence-electron chi connectivity index (χ1n) is 8.80. The van der Waals surface area contributed by atoms with Crippen molar-refractivity contribution >= 4 is 22.7 Å². The number of nitrogens with two attached hydrogens (primary N) is 1. The Balaban J connectivity index is 1.59. The van der Waals surface area contributed by atoms with E-state index in [2.05, 4.69) is 65.6 Å². The minimum absolute atomic E-state index is 0.0202. The van der Waals surface area contributed by atoms with Gasteiger partial charge in [-0.25, -0.2) is 0 Å². The van der Waals surface area contributed by atoms with E-state index in [1.165, 1.54) is 16.5 Å². The maximum Gasteiger partial charge on any atom is 0.0656 e. The van der Waals surface area contributed by atoms with E-state index < -0.39 is 0 Å². The normalized spacial score (nSPS) is 18.3. The van der Waals surface area contributed by atoms with Crippen molar-refractivity contribution in [2.24, 2.45) is 5.73 Å². The van der Waals surface area contributed by atoms with E-state index in [-0.39, 0.29) is 6.04 Å². The van der Waals surface area contributed by atoms with Gasteiger partial charge < -0.3 is 15.6 Å². The average molecular weight is 362 g/mol. The molecule has 4 heteroatoms. The second kappa shape index (κ2) is 7.06. The van der Waals surface area contributed by atoms with Gasteiger partial charge in [-0.1, -0.05) is 67.4 Å². The van der Waals surface area contributed by atoms with Crippen molar-refractivity contribution in [2.75, 3.05) is 0 Å². The minimum Gasteiger partial charge on any atom is -0.354 e. The van der Waals surface area contributed by atoms with Crippen molar-refractivity contribution in [3.63, 3.8) is 0 Å². The van der Waals surface area contributed by atoms with Gasteiger partial charge >= 0.3 is 0 Å². The Kier molecular flexibility index (Phi) is 4.62. The number of benzene rings is 2. The monoisotopic (exact) mass is 361 g/mol. The summed E-state index contributed by atoms with van der Waals surface area (Å²) >= 11 is 1.76. The molecule has 0 amide bonds. The Morgan fingerprint density at radius 1 is 1.08 bits per heavy atom. The third-order valence-corrected chi connectivity index (χ3v) is 6.03. The molecule has 1 fully saturated rings. The number of fused-ring (bicyclic) bond motifs is 1. The van der Waals surface area contributed by atoms with E-state index in [0.29, 0.717) is 5.25 Å². The van der Waals surface area contributed by atoms with Crippen LogP contribution in [0.25, 0.3) is 10.9 Å². The topological polar surface area (TPSA) is 43.0 Å². The van der Waals surface area contributed by atoms with Crippen molar-refractivity contribution in [1.82, 2.24) is 9.88 Å². The first kappa shape index (κ1) is 17.0. The number of nitrogens with one attached hydrogen (secondary N) is 1. The zero-order valence-electron chi connectivity index (χ0n) is 14.7. The lowest BCUT2D eigenvalue weighted by molar-refractivity contribution is 0.592. The highest BCUT2D eigenvalue weighted by Crippen LogP contribution is 2.34. The van der Waals surface area contributed by atoms with E-state index in [9.17, 15) is 0 Å². The van der Waals surface area contributed by atoms with Crippen LogP contribution < -0.4 is 11.1 Å². The molecule has 2 atom stereocenters. The van der Waals surface area contributed by atoms with E-state index in [0.717, 1.165) is 29.3 Å². The molecule has 132 valence electrons. The van der Waals surface area contributed by atoms with Gasteiger partial charge in [0.1, 0.15) is 0 Å². The summed E-state index contributed by atoms with van der Waals surface area (Å²) in [7, 11) is 0. The van der Waals surface area contributed by atoms with Crippen molar-refractivity contribution in [3.8, 4) is 0 Å². The molecular weight excluding hydrogens is 338 g/mol. The molecule has 0 bridgehead atoms. The Hall–Kier alpha value is -2.43. The molecule has 0 saturated carbocycles. The molecule has 4 rings (SSSR count). The van der Waals surface area contributed by atoms with Crippen LogP contribution in [-0.2, 0) is 13.0 Å². The maximum absolute atomic E-state index is 6.43. The molecule has 1 aromatic heterocycles. The first-order chi connectivity index (χ1) is 12.6. The van der Waals surface area contributed by atoms with E-state index in [4.69, 9.17) is 5.73 Å². The second-order valence-corrected chi connectivity index (χ2v) is 8.02. The third-order valence-electron chi connectivity index (χ3n) is 4.90. The minimum atomic E-state index is -0.0202. The molecule has 3 nitrogen and oxygen atoms in total. The maximum atomic E-state index is 6.43. The summed E-state index contributed by atoms with van der Waals surface area (Å²) in [5.74, 6) is 0. The Morgan fingerprint density at radius 2 is 1.88 bits per heavy atom. The molecule has 3 aromatic rings. The highest BCUT2D eigenvalue weighted by atomic mass is 32.2. The van der Waals surface area contributed by atoms with E-state index in [1.807, 2.05) is 18.2 Å². The fraction of sp³-hybridized carbons (Fsp3) is 0.182. The van der Waals surface area contributed by atoms with Crippen molar-refractivity contribution in [1.29, 1.82) is 0 Å². The molecule has 2 unspecified atom stereocenters. The van der Waals surface area contributed by atoms with Crippen molar-refractivity contribution in [2.45, 2.75) is 24.3 Å². The van der Waals surface area contributed by atoms with Crippen LogP contribution in [-0.4, -0.2) is 9.82 Å². The smallest absolute Gasteiger partial charge is 0.0656 e. The second-order valence-electron chi connectivity index (χ2n) is 6.72. The lowest BCUT2D eigenvalue weighted by Crippen LogP contribution is -2.17. The van der Waals surface area contributed by atoms with Crippen molar-refractivity contribution < 1.29 is 0 Å². The van der Waals surface area contributed by atoms with Gasteiger partial charge in [0.25, 0.3) is 0 Å². The predicted molar refractivity (Wildman–Crippen MR) is 112 cm³/mol. The number of nitrogens with zero attached hydrogens (tertiary/aromatic N) is 1. The lowest BCUT2D eigenvalue weighted by atomic mass is 10.0.